The van der Waals surface area contributed by atoms with E-state index in [1.165, 1.54) is 0 Å². The summed E-state index contributed by atoms with van der Waals surface area (Å²) in [4.78, 5) is 28.3. The first-order valence-corrected chi connectivity index (χ1v) is 13.1. The summed E-state index contributed by atoms with van der Waals surface area (Å²) in [7, 11) is 0. The lowest BCUT2D eigenvalue weighted by molar-refractivity contribution is -0.137. The van der Waals surface area contributed by atoms with Gasteiger partial charge in [-0.15, -0.1) is 0 Å². The van der Waals surface area contributed by atoms with Gasteiger partial charge < -0.3 is 31.1 Å². The summed E-state index contributed by atoms with van der Waals surface area (Å²) >= 11 is 22.4. The van der Waals surface area contributed by atoms with Crippen LogP contribution in [0, 0.1) is 0 Å². The molecular formula is C20H36Cl4N4O6. The Bertz CT molecular complexity index is 533. The topological polar surface area (TPSA) is 146 Å². The van der Waals surface area contributed by atoms with Crippen molar-refractivity contribution in [1.29, 1.82) is 0 Å². The highest BCUT2D eigenvalue weighted by Crippen LogP contribution is 2.12. The average Bonchev–Trinajstić information content (AvgIpc) is 2.69. The summed E-state index contributed by atoms with van der Waals surface area (Å²) in [5.74, 6) is -0.461. The summed E-state index contributed by atoms with van der Waals surface area (Å²) in [6, 6.07) is -1.22. The zero-order valence-corrected chi connectivity index (χ0v) is 22.0. The second-order valence-corrected chi connectivity index (χ2v) is 10.4. The minimum absolute atomic E-state index is 0.157. The number of nitrogens with one attached hydrogen (secondary N) is 2. The standard InChI is InChI=1S/C20H36Cl4N4O6/c21-15(29)9-27(10-16(22)30)7-3-1-5-13-19(33)26-14(20(34)25-13)6-2-4-8-28(11-17(23)31)12-18(24)32/h13-18,29-32H,1-12H2,(H,25,34)(H,26,33). The third-order valence-electron chi connectivity index (χ3n) is 5.34. The minimum Gasteiger partial charge on any atom is -0.376 e. The molecule has 1 saturated heterocycles. The van der Waals surface area contributed by atoms with Crippen molar-refractivity contribution in [3.05, 3.63) is 0 Å². The molecule has 0 spiro atoms. The van der Waals surface area contributed by atoms with Gasteiger partial charge in [0.05, 0.1) is 0 Å². The van der Waals surface area contributed by atoms with Gasteiger partial charge in [0.1, 0.15) is 34.3 Å². The van der Waals surface area contributed by atoms with E-state index in [4.69, 9.17) is 46.4 Å². The number of amides is 2. The minimum atomic E-state index is -1.07. The highest BCUT2D eigenvalue weighted by atomic mass is 35.5. The first-order chi connectivity index (χ1) is 16.0. The van der Waals surface area contributed by atoms with E-state index in [1.807, 2.05) is 0 Å². The molecular weight excluding hydrogens is 534 g/mol. The molecule has 14 heteroatoms. The smallest absolute Gasteiger partial charge is 0.243 e. The van der Waals surface area contributed by atoms with Gasteiger partial charge in [-0.2, -0.15) is 0 Å². The van der Waals surface area contributed by atoms with Crippen LogP contribution in [0.5, 0.6) is 0 Å². The Hall–Kier alpha value is -0.140. The van der Waals surface area contributed by atoms with Crippen molar-refractivity contribution in [2.24, 2.45) is 0 Å². The lowest BCUT2D eigenvalue weighted by Gasteiger charge is -2.30. The number of hydrogen-bond donors (Lipinski definition) is 6. The van der Waals surface area contributed by atoms with Crippen LogP contribution in [0.15, 0.2) is 0 Å². The maximum atomic E-state index is 12.4. The van der Waals surface area contributed by atoms with Gasteiger partial charge in [-0.3, -0.25) is 19.4 Å². The number of carbonyl (C=O) groups excluding carboxylic acids is 2. The van der Waals surface area contributed by atoms with E-state index in [0.29, 0.717) is 51.6 Å². The van der Waals surface area contributed by atoms with Gasteiger partial charge >= 0.3 is 0 Å². The zero-order valence-electron chi connectivity index (χ0n) is 19.0. The number of aliphatic hydroxyl groups excluding tert-OH is 4. The van der Waals surface area contributed by atoms with Crippen molar-refractivity contribution in [2.75, 3.05) is 39.3 Å². The van der Waals surface area contributed by atoms with Crippen molar-refractivity contribution in [2.45, 2.75) is 72.9 Å². The van der Waals surface area contributed by atoms with Crippen LogP contribution in [0.2, 0.25) is 0 Å². The Kier molecular flexibility index (Phi) is 16.3. The van der Waals surface area contributed by atoms with E-state index in [1.54, 1.807) is 9.80 Å². The predicted octanol–water partition coefficient (Wildman–Crippen LogP) is 0.143. The maximum Gasteiger partial charge on any atom is 0.243 e. The van der Waals surface area contributed by atoms with E-state index < -0.39 is 34.3 Å². The van der Waals surface area contributed by atoms with Gasteiger partial charge in [0.25, 0.3) is 0 Å². The number of hydrogen-bond acceptors (Lipinski definition) is 8. The Balaban J connectivity index is 2.34. The van der Waals surface area contributed by atoms with Crippen LogP contribution in [0.3, 0.4) is 0 Å². The molecule has 1 fully saturated rings. The van der Waals surface area contributed by atoms with Gasteiger partial charge in [0.15, 0.2) is 0 Å². The zero-order chi connectivity index (χ0) is 25.7. The number of unbranched alkanes of at least 4 members (excludes halogenated alkanes) is 2. The summed E-state index contributed by atoms with van der Waals surface area (Å²) < 4.78 is 0. The first-order valence-electron chi connectivity index (χ1n) is 11.3. The fraction of sp³-hybridized carbons (Fsp3) is 0.900. The van der Waals surface area contributed by atoms with Crippen LogP contribution < -0.4 is 10.6 Å². The Morgan fingerprint density at radius 1 is 0.618 bits per heavy atom. The average molecular weight is 570 g/mol. The molecule has 0 aromatic rings. The number of rotatable bonds is 18. The highest BCUT2D eigenvalue weighted by Gasteiger charge is 2.32. The molecule has 6 N–H and O–H groups in total. The summed E-state index contributed by atoms with van der Waals surface area (Å²) in [5.41, 5.74) is -4.29. The fourth-order valence-corrected chi connectivity index (χ4v) is 4.60. The molecule has 34 heavy (non-hydrogen) atoms. The lowest BCUT2D eigenvalue weighted by Crippen LogP contribution is -2.61. The van der Waals surface area contributed by atoms with E-state index in [2.05, 4.69) is 10.6 Å². The molecule has 0 aromatic carbocycles. The summed E-state index contributed by atoms with van der Waals surface area (Å²) in [5, 5.41) is 42.8. The number of piperazine rings is 1. The Morgan fingerprint density at radius 2 is 0.912 bits per heavy atom. The molecule has 0 aromatic heterocycles. The predicted molar refractivity (Wildman–Crippen MR) is 132 cm³/mol. The first kappa shape index (κ1) is 31.9. The SMILES string of the molecule is O=C1NC(CCCCN(CC(O)Cl)CC(O)Cl)C(=O)NC1CCCCN(CC(O)Cl)CC(O)Cl. The molecule has 200 valence electrons. The Labute approximate surface area is 220 Å². The molecule has 1 aliphatic rings. The summed E-state index contributed by atoms with van der Waals surface area (Å²) in [6.07, 6.45) is 3.54. The Morgan fingerprint density at radius 3 is 1.18 bits per heavy atom. The number of aliphatic hydroxyl groups is 4. The van der Waals surface area contributed by atoms with Gasteiger partial charge in [-0.1, -0.05) is 46.4 Å². The van der Waals surface area contributed by atoms with Crippen molar-refractivity contribution < 1.29 is 30.0 Å². The molecule has 1 heterocycles. The maximum absolute atomic E-state index is 12.4. The van der Waals surface area contributed by atoms with Gasteiger partial charge in [-0.05, 0) is 51.6 Å². The number of halogens is 4. The third kappa shape index (κ3) is 14.4. The second-order valence-electron chi connectivity index (χ2n) is 8.37. The van der Waals surface area contributed by atoms with E-state index >= 15 is 0 Å². The normalized spacial score (nSPS) is 22.4. The quantitative estimate of drug-likeness (QED) is 0.101. The van der Waals surface area contributed by atoms with Crippen LogP contribution in [-0.4, -0.2) is 116 Å². The molecule has 0 bridgehead atoms. The van der Waals surface area contributed by atoms with Gasteiger partial charge in [0, 0.05) is 26.2 Å². The van der Waals surface area contributed by atoms with E-state index in [9.17, 15) is 30.0 Å². The molecule has 0 saturated carbocycles. The van der Waals surface area contributed by atoms with E-state index in [-0.39, 0.29) is 38.0 Å². The van der Waals surface area contributed by atoms with Crippen molar-refractivity contribution >= 4 is 58.2 Å². The monoisotopic (exact) mass is 568 g/mol. The van der Waals surface area contributed by atoms with Crippen molar-refractivity contribution in [1.82, 2.24) is 20.4 Å². The molecule has 0 radical (unpaired) electrons. The third-order valence-corrected chi connectivity index (χ3v) is 5.89. The van der Waals surface area contributed by atoms with Crippen LogP contribution in [-0.2, 0) is 9.59 Å². The molecule has 6 atom stereocenters. The summed E-state index contributed by atoms with van der Waals surface area (Å²) in [6.45, 7) is 1.68. The largest absolute Gasteiger partial charge is 0.376 e. The van der Waals surface area contributed by atoms with Crippen LogP contribution >= 0.6 is 46.4 Å². The number of carbonyl (C=O) groups is 2. The highest BCUT2D eigenvalue weighted by molar-refractivity contribution is 6.20. The van der Waals surface area contributed by atoms with E-state index in [0.717, 1.165) is 0 Å². The van der Waals surface area contributed by atoms with Gasteiger partial charge in [0.2, 0.25) is 11.8 Å². The fourth-order valence-electron chi connectivity index (χ4n) is 3.82. The number of nitrogens with zero attached hydrogens (tertiary/aromatic N) is 2. The molecule has 6 unspecified atom stereocenters. The molecule has 2 amide bonds. The van der Waals surface area contributed by atoms with Crippen molar-refractivity contribution in [3.8, 4) is 0 Å². The van der Waals surface area contributed by atoms with Crippen LogP contribution in [0.4, 0.5) is 0 Å². The lowest BCUT2D eigenvalue weighted by atomic mass is 10.0. The molecule has 1 aliphatic heterocycles. The second kappa shape index (κ2) is 17.3. The van der Waals surface area contributed by atoms with Crippen LogP contribution in [0.1, 0.15) is 38.5 Å². The molecule has 10 nitrogen and oxygen atoms in total. The van der Waals surface area contributed by atoms with Crippen molar-refractivity contribution in [3.63, 3.8) is 0 Å². The number of alkyl halides is 4. The molecule has 0 aliphatic carbocycles. The van der Waals surface area contributed by atoms with Crippen LogP contribution in [0.25, 0.3) is 0 Å². The van der Waals surface area contributed by atoms with Gasteiger partial charge in [-0.25, -0.2) is 0 Å². The molecule has 1 rings (SSSR count).